The fraction of sp³-hybridized carbons (Fsp3) is 0.286. The molecule has 10 nitrogen and oxygen atoms in total. The zero-order valence-electron chi connectivity index (χ0n) is 16.9. The maximum Gasteiger partial charge on any atom is 0.407 e. The van der Waals surface area contributed by atoms with Gasteiger partial charge < -0.3 is 24.6 Å². The van der Waals surface area contributed by atoms with E-state index in [0.717, 1.165) is 4.57 Å². The average molecular weight is 427 g/mol. The van der Waals surface area contributed by atoms with Crippen LogP contribution in [0, 0.1) is 0 Å². The fourth-order valence-corrected chi connectivity index (χ4v) is 3.80. The van der Waals surface area contributed by atoms with Crippen LogP contribution in [0.1, 0.15) is 11.6 Å². The van der Waals surface area contributed by atoms with Crippen LogP contribution in [-0.4, -0.2) is 57.6 Å². The fourth-order valence-electron chi connectivity index (χ4n) is 3.80. The van der Waals surface area contributed by atoms with Gasteiger partial charge in [0.2, 0.25) is 0 Å². The zero-order chi connectivity index (χ0) is 22.3. The molecule has 1 fully saturated rings. The lowest BCUT2D eigenvalue weighted by molar-refractivity contribution is 0.0850. The van der Waals surface area contributed by atoms with Crippen LogP contribution < -0.4 is 20.7 Å². The number of ether oxygens (including phenoxy) is 2. The Labute approximate surface area is 176 Å². The maximum absolute atomic E-state index is 13.3. The monoisotopic (exact) mass is 427 g/mol. The number of hydrogen-bond acceptors (Lipinski definition) is 6. The first-order valence-corrected chi connectivity index (χ1v) is 9.51. The third kappa shape index (κ3) is 3.45. The van der Waals surface area contributed by atoms with Crippen molar-refractivity contribution in [2.45, 2.75) is 12.6 Å². The van der Waals surface area contributed by atoms with Gasteiger partial charge in [0, 0.05) is 13.1 Å². The summed E-state index contributed by atoms with van der Waals surface area (Å²) in [6.45, 7) is 0.249. The maximum atomic E-state index is 13.3. The molecule has 2 aromatic carbocycles. The molecule has 0 aliphatic carbocycles. The number of fused-ring (bicyclic) bond motifs is 1. The van der Waals surface area contributed by atoms with Crippen LogP contribution in [0.4, 0.5) is 4.79 Å². The van der Waals surface area contributed by atoms with E-state index in [1.807, 2.05) is 0 Å². The first-order chi connectivity index (χ1) is 14.8. The number of phenols is 1. The molecule has 0 spiro atoms. The van der Waals surface area contributed by atoms with Crippen molar-refractivity contribution in [3.8, 4) is 17.2 Å². The van der Waals surface area contributed by atoms with Crippen LogP contribution in [-0.2, 0) is 6.54 Å². The van der Waals surface area contributed by atoms with E-state index in [2.05, 4.69) is 0 Å². The van der Waals surface area contributed by atoms with Crippen molar-refractivity contribution in [2.24, 2.45) is 0 Å². The lowest BCUT2D eigenvalue weighted by atomic mass is 10.1. The van der Waals surface area contributed by atoms with Gasteiger partial charge in [-0.2, -0.15) is 0 Å². The first kappa shape index (κ1) is 20.3. The quantitative estimate of drug-likeness (QED) is 0.632. The molecule has 1 aliphatic heterocycles. The van der Waals surface area contributed by atoms with Crippen LogP contribution in [0.25, 0.3) is 10.9 Å². The zero-order valence-corrected chi connectivity index (χ0v) is 16.9. The number of amides is 1. The SMILES string of the molecule is COc1ccc(Cn2c(=O)c3cc(O)ccc3n(C3CN(C(=O)O)C3)c2=O)cc1OC. The van der Waals surface area contributed by atoms with Crippen molar-refractivity contribution < 1.29 is 24.5 Å². The Kier molecular flexibility index (Phi) is 5.05. The molecule has 31 heavy (non-hydrogen) atoms. The number of methoxy groups -OCH3 is 2. The minimum absolute atomic E-state index is 0.0288. The predicted octanol–water partition coefficient (Wildman–Crippen LogP) is 1.47. The third-order valence-electron chi connectivity index (χ3n) is 5.44. The number of rotatable bonds is 5. The number of aromatic hydroxyl groups is 1. The summed E-state index contributed by atoms with van der Waals surface area (Å²) in [5.41, 5.74) is -0.0977. The van der Waals surface area contributed by atoms with E-state index < -0.39 is 23.4 Å². The Morgan fingerprint density at radius 2 is 1.77 bits per heavy atom. The lowest BCUT2D eigenvalue weighted by Crippen LogP contribution is -2.54. The summed E-state index contributed by atoms with van der Waals surface area (Å²) >= 11 is 0. The summed E-state index contributed by atoms with van der Waals surface area (Å²) in [4.78, 5) is 38.8. The van der Waals surface area contributed by atoms with Gasteiger partial charge in [-0.25, -0.2) is 9.59 Å². The van der Waals surface area contributed by atoms with Gasteiger partial charge in [0.05, 0.1) is 37.7 Å². The van der Waals surface area contributed by atoms with Crippen molar-refractivity contribution in [3.05, 3.63) is 62.8 Å². The summed E-state index contributed by atoms with van der Waals surface area (Å²) in [5.74, 6) is 0.874. The molecule has 1 saturated heterocycles. The van der Waals surface area contributed by atoms with Crippen LogP contribution >= 0.6 is 0 Å². The molecule has 162 valence electrons. The number of likely N-dealkylation sites (tertiary alicyclic amines) is 1. The Morgan fingerprint density at radius 3 is 2.42 bits per heavy atom. The van der Waals surface area contributed by atoms with E-state index >= 15 is 0 Å². The summed E-state index contributed by atoms with van der Waals surface area (Å²) in [6, 6.07) is 8.87. The largest absolute Gasteiger partial charge is 0.508 e. The van der Waals surface area contributed by atoms with E-state index in [1.165, 1.54) is 41.9 Å². The van der Waals surface area contributed by atoms with Crippen molar-refractivity contribution in [2.75, 3.05) is 27.3 Å². The molecular formula is C21H21N3O7. The highest BCUT2D eigenvalue weighted by Gasteiger charge is 2.34. The lowest BCUT2D eigenvalue weighted by Gasteiger charge is -2.38. The molecule has 0 atom stereocenters. The van der Waals surface area contributed by atoms with Crippen molar-refractivity contribution in [1.29, 1.82) is 0 Å². The second kappa shape index (κ2) is 7.71. The molecule has 1 amide bonds. The number of hydrogen-bond donors (Lipinski definition) is 2. The van der Waals surface area contributed by atoms with E-state index in [-0.39, 0.29) is 30.8 Å². The minimum atomic E-state index is -1.06. The Bertz CT molecular complexity index is 1290. The van der Waals surface area contributed by atoms with Gasteiger partial charge in [-0.1, -0.05) is 6.07 Å². The Hall–Kier alpha value is -3.95. The van der Waals surface area contributed by atoms with Gasteiger partial charge in [-0.15, -0.1) is 0 Å². The van der Waals surface area contributed by atoms with E-state index in [4.69, 9.17) is 14.6 Å². The molecule has 4 rings (SSSR count). The molecule has 0 unspecified atom stereocenters. The summed E-state index contributed by atoms with van der Waals surface area (Å²) in [5, 5.41) is 19.2. The van der Waals surface area contributed by atoms with Crippen LogP contribution in [0.5, 0.6) is 17.2 Å². The van der Waals surface area contributed by atoms with Gasteiger partial charge in [0.25, 0.3) is 5.56 Å². The Balaban J connectivity index is 1.85. The van der Waals surface area contributed by atoms with Gasteiger partial charge in [-0.05, 0) is 35.9 Å². The molecule has 10 heteroatoms. The highest BCUT2D eigenvalue weighted by molar-refractivity contribution is 5.80. The molecular weight excluding hydrogens is 406 g/mol. The van der Waals surface area contributed by atoms with Gasteiger partial charge in [0.1, 0.15) is 5.75 Å². The molecule has 1 aromatic heterocycles. The summed E-state index contributed by atoms with van der Waals surface area (Å²) in [7, 11) is 3.00. The number of aromatic nitrogens is 2. The van der Waals surface area contributed by atoms with Crippen LogP contribution in [0.15, 0.2) is 46.0 Å². The van der Waals surface area contributed by atoms with Crippen molar-refractivity contribution >= 4 is 17.0 Å². The van der Waals surface area contributed by atoms with Gasteiger partial charge in [-0.3, -0.25) is 13.9 Å². The average Bonchev–Trinajstić information content (AvgIpc) is 2.72. The topological polar surface area (TPSA) is 123 Å². The van der Waals surface area contributed by atoms with Crippen molar-refractivity contribution in [1.82, 2.24) is 14.0 Å². The van der Waals surface area contributed by atoms with Crippen molar-refractivity contribution in [3.63, 3.8) is 0 Å². The second-order valence-electron chi connectivity index (χ2n) is 7.28. The predicted molar refractivity (Wildman–Crippen MR) is 111 cm³/mol. The standard InChI is InChI=1S/C21H21N3O7/c1-30-17-6-3-12(7-18(17)31-2)9-23-19(26)15-8-14(25)4-5-16(15)24(20(23)27)13-10-22(11-13)21(28)29/h3-8,13,25H,9-11H2,1-2H3,(H,28,29). The smallest absolute Gasteiger partial charge is 0.407 e. The van der Waals surface area contributed by atoms with E-state index in [9.17, 15) is 19.5 Å². The molecule has 2 N–H and O–H groups in total. The number of carboxylic acid groups (broad SMARTS) is 1. The molecule has 0 saturated carbocycles. The number of phenolic OH excluding ortho intramolecular Hbond substituents is 1. The first-order valence-electron chi connectivity index (χ1n) is 9.51. The van der Waals surface area contributed by atoms with E-state index in [0.29, 0.717) is 22.6 Å². The highest BCUT2D eigenvalue weighted by Crippen LogP contribution is 2.28. The van der Waals surface area contributed by atoms with E-state index in [1.54, 1.807) is 18.2 Å². The molecule has 0 radical (unpaired) electrons. The molecule has 1 aliphatic rings. The number of carbonyl (C=O) groups is 1. The summed E-state index contributed by atoms with van der Waals surface area (Å²) < 4.78 is 13.0. The highest BCUT2D eigenvalue weighted by atomic mass is 16.5. The third-order valence-corrected chi connectivity index (χ3v) is 5.44. The normalized spacial score (nSPS) is 13.8. The minimum Gasteiger partial charge on any atom is -0.508 e. The van der Waals surface area contributed by atoms with Crippen LogP contribution in [0.2, 0.25) is 0 Å². The van der Waals surface area contributed by atoms with Gasteiger partial charge >= 0.3 is 11.8 Å². The number of nitrogens with zero attached hydrogens (tertiary/aromatic N) is 3. The number of benzene rings is 2. The molecule has 3 aromatic rings. The summed E-state index contributed by atoms with van der Waals surface area (Å²) in [6.07, 6.45) is -1.06. The molecule has 0 bridgehead atoms. The second-order valence-corrected chi connectivity index (χ2v) is 7.28. The molecule has 2 heterocycles. The Morgan fingerprint density at radius 1 is 1.06 bits per heavy atom. The van der Waals surface area contributed by atoms with Crippen LogP contribution in [0.3, 0.4) is 0 Å². The van der Waals surface area contributed by atoms with Gasteiger partial charge in [0.15, 0.2) is 11.5 Å².